The van der Waals surface area contributed by atoms with Crippen LogP contribution in [0.2, 0.25) is 0 Å². The summed E-state index contributed by atoms with van der Waals surface area (Å²) in [6.45, 7) is 6.27. The van der Waals surface area contributed by atoms with Crippen molar-refractivity contribution in [2.24, 2.45) is 0 Å². The van der Waals surface area contributed by atoms with Gasteiger partial charge in [0.15, 0.2) is 0 Å². The number of benzene rings is 2. The van der Waals surface area contributed by atoms with E-state index in [1.54, 1.807) is 23.1 Å². The molecule has 1 N–H and O–H groups in total. The maximum absolute atomic E-state index is 12.5. The molecule has 0 aliphatic rings. The summed E-state index contributed by atoms with van der Waals surface area (Å²) >= 11 is 3.39. The molecule has 0 saturated heterocycles. The molecule has 3 rings (SSSR count). The largest absolute Gasteiger partial charge is 0.322 e. The van der Waals surface area contributed by atoms with Gasteiger partial charge in [0, 0.05) is 21.4 Å². The highest BCUT2D eigenvalue weighted by Crippen LogP contribution is 2.26. The van der Waals surface area contributed by atoms with E-state index in [0.29, 0.717) is 10.8 Å². The number of thioether (sulfide) groups is 1. The van der Waals surface area contributed by atoms with Gasteiger partial charge in [-0.15, -0.1) is 23.1 Å². The first kappa shape index (κ1) is 16.0. The summed E-state index contributed by atoms with van der Waals surface area (Å²) < 4.78 is 1.09. The average molecular weight is 342 g/mol. The van der Waals surface area contributed by atoms with Gasteiger partial charge in [-0.1, -0.05) is 19.9 Å². The first-order valence-corrected chi connectivity index (χ1v) is 9.16. The monoisotopic (exact) mass is 342 g/mol. The molecule has 118 valence electrons. The number of rotatable bonds is 4. The van der Waals surface area contributed by atoms with Crippen molar-refractivity contribution in [3.8, 4) is 0 Å². The van der Waals surface area contributed by atoms with Gasteiger partial charge in [-0.3, -0.25) is 4.79 Å². The molecule has 1 heterocycles. The molecular weight excluding hydrogens is 324 g/mol. The van der Waals surface area contributed by atoms with Crippen LogP contribution >= 0.6 is 23.1 Å². The van der Waals surface area contributed by atoms with Crippen molar-refractivity contribution in [1.82, 2.24) is 4.98 Å². The zero-order valence-corrected chi connectivity index (χ0v) is 14.9. The highest BCUT2D eigenvalue weighted by Gasteiger charge is 2.09. The summed E-state index contributed by atoms with van der Waals surface area (Å²) in [4.78, 5) is 18.0. The van der Waals surface area contributed by atoms with Gasteiger partial charge in [0.25, 0.3) is 5.91 Å². The van der Waals surface area contributed by atoms with E-state index in [-0.39, 0.29) is 5.91 Å². The normalized spacial score (nSPS) is 11.1. The number of amides is 1. The third-order valence-electron chi connectivity index (χ3n) is 3.22. The highest BCUT2D eigenvalue weighted by atomic mass is 32.2. The fourth-order valence-corrected chi connectivity index (χ4v) is 4.07. The number of aryl methyl sites for hydroxylation is 1. The third-order valence-corrected chi connectivity index (χ3v) is 5.15. The fourth-order valence-electron chi connectivity index (χ4n) is 2.30. The Balaban J connectivity index is 1.79. The number of anilines is 1. The number of nitrogens with one attached hydrogen (secondary N) is 1. The van der Waals surface area contributed by atoms with Crippen LogP contribution in [0.5, 0.6) is 0 Å². The molecule has 0 radical (unpaired) electrons. The number of hydrogen-bond acceptors (Lipinski definition) is 4. The number of aromatic nitrogens is 1. The molecule has 3 aromatic rings. The number of nitrogens with zero attached hydrogens (tertiary/aromatic N) is 1. The molecule has 1 aromatic heterocycles. The second kappa shape index (κ2) is 6.72. The number of fused-ring (bicyclic) bond motifs is 1. The molecule has 1 amide bonds. The average Bonchev–Trinajstić information content (AvgIpc) is 2.86. The second-order valence-corrected chi connectivity index (χ2v) is 8.45. The lowest BCUT2D eigenvalue weighted by Gasteiger charge is -2.08. The Morgan fingerprint density at radius 3 is 2.83 bits per heavy atom. The van der Waals surface area contributed by atoms with E-state index in [1.165, 1.54) is 0 Å². The molecular formula is C18H18N2OS2. The lowest BCUT2D eigenvalue weighted by atomic mass is 10.2. The van der Waals surface area contributed by atoms with Crippen LogP contribution in [-0.2, 0) is 0 Å². The number of carbonyl (C=O) groups excluding carboxylic acids is 1. The summed E-state index contributed by atoms with van der Waals surface area (Å²) in [7, 11) is 0. The van der Waals surface area contributed by atoms with Gasteiger partial charge in [-0.05, 0) is 43.3 Å². The van der Waals surface area contributed by atoms with Crippen molar-refractivity contribution in [1.29, 1.82) is 0 Å². The molecule has 0 fully saturated rings. The Morgan fingerprint density at radius 2 is 2.04 bits per heavy atom. The minimum Gasteiger partial charge on any atom is -0.322 e. The summed E-state index contributed by atoms with van der Waals surface area (Å²) in [5.41, 5.74) is 2.45. The van der Waals surface area contributed by atoms with E-state index in [0.717, 1.165) is 25.8 Å². The Labute approximate surface area is 144 Å². The smallest absolute Gasteiger partial charge is 0.255 e. The van der Waals surface area contributed by atoms with Crippen molar-refractivity contribution in [2.75, 3.05) is 5.32 Å². The van der Waals surface area contributed by atoms with E-state index in [4.69, 9.17) is 0 Å². The van der Waals surface area contributed by atoms with Crippen LogP contribution in [0, 0.1) is 6.92 Å². The standard InChI is InChI=1S/C18H18N2OS2/c1-11(2)22-15-6-4-5-13(9-15)18(21)20-14-7-8-16-17(10-14)23-12(3)19-16/h4-11H,1-3H3,(H,20,21). The van der Waals surface area contributed by atoms with E-state index < -0.39 is 0 Å². The van der Waals surface area contributed by atoms with E-state index in [9.17, 15) is 4.79 Å². The first-order valence-electron chi connectivity index (χ1n) is 7.46. The maximum atomic E-state index is 12.5. The second-order valence-electron chi connectivity index (χ2n) is 5.56. The predicted molar refractivity (Wildman–Crippen MR) is 99.7 cm³/mol. The molecule has 0 aliphatic carbocycles. The highest BCUT2D eigenvalue weighted by molar-refractivity contribution is 7.99. The minimum atomic E-state index is -0.0863. The van der Waals surface area contributed by atoms with Gasteiger partial charge < -0.3 is 5.32 Å². The summed E-state index contributed by atoms with van der Waals surface area (Å²) in [5, 5.41) is 4.49. The van der Waals surface area contributed by atoms with Gasteiger partial charge in [0.05, 0.1) is 15.2 Å². The molecule has 23 heavy (non-hydrogen) atoms. The van der Waals surface area contributed by atoms with E-state index in [2.05, 4.69) is 24.1 Å². The van der Waals surface area contributed by atoms with Gasteiger partial charge >= 0.3 is 0 Å². The zero-order chi connectivity index (χ0) is 16.4. The van der Waals surface area contributed by atoms with Crippen molar-refractivity contribution in [2.45, 2.75) is 30.9 Å². The van der Waals surface area contributed by atoms with Gasteiger partial charge in [-0.2, -0.15) is 0 Å². The quantitative estimate of drug-likeness (QED) is 0.649. The van der Waals surface area contributed by atoms with Crippen molar-refractivity contribution in [3.05, 3.63) is 53.0 Å². The van der Waals surface area contributed by atoms with Crippen molar-refractivity contribution >= 4 is 44.9 Å². The van der Waals surface area contributed by atoms with Crippen LogP contribution in [0.4, 0.5) is 5.69 Å². The van der Waals surface area contributed by atoms with Crippen LogP contribution in [0.25, 0.3) is 10.2 Å². The fraction of sp³-hybridized carbons (Fsp3) is 0.222. The molecule has 0 saturated carbocycles. The molecule has 0 aliphatic heterocycles. The summed E-state index contributed by atoms with van der Waals surface area (Å²) in [5.74, 6) is -0.0863. The van der Waals surface area contributed by atoms with E-state index in [1.807, 2.05) is 49.4 Å². The molecule has 0 bridgehead atoms. The lowest BCUT2D eigenvalue weighted by molar-refractivity contribution is 0.102. The van der Waals surface area contributed by atoms with E-state index >= 15 is 0 Å². The Hall–Kier alpha value is -1.85. The molecule has 2 aromatic carbocycles. The molecule has 3 nitrogen and oxygen atoms in total. The minimum absolute atomic E-state index is 0.0863. The van der Waals surface area contributed by atoms with Crippen LogP contribution in [0.3, 0.4) is 0 Å². The van der Waals surface area contributed by atoms with Gasteiger partial charge in [0.1, 0.15) is 0 Å². The molecule has 0 unspecified atom stereocenters. The predicted octanol–water partition coefficient (Wildman–Crippen LogP) is 5.36. The Bertz CT molecular complexity index is 855. The first-order chi connectivity index (χ1) is 11.0. The van der Waals surface area contributed by atoms with Crippen LogP contribution in [-0.4, -0.2) is 16.1 Å². The van der Waals surface area contributed by atoms with Crippen molar-refractivity contribution < 1.29 is 4.79 Å². The maximum Gasteiger partial charge on any atom is 0.255 e. The molecule has 5 heteroatoms. The van der Waals surface area contributed by atoms with Crippen LogP contribution in [0.1, 0.15) is 29.2 Å². The lowest BCUT2D eigenvalue weighted by Crippen LogP contribution is -2.11. The van der Waals surface area contributed by atoms with Gasteiger partial charge in [0.2, 0.25) is 0 Å². The van der Waals surface area contributed by atoms with Crippen LogP contribution < -0.4 is 5.32 Å². The summed E-state index contributed by atoms with van der Waals surface area (Å²) in [6, 6.07) is 13.6. The van der Waals surface area contributed by atoms with Crippen molar-refractivity contribution in [3.63, 3.8) is 0 Å². The molecule has 0 atom stereocenters. The zero-order valence-electron chi connectivity index (χ0n) is 13.3. The number of carbonyl (C=O) groups is 1. The van der Waals surface area contributed by atoms with Gasteiger partial charge in [-0.25, -0.2) is 4.98 Å². The third kappa shape index (κ3) is 3.92. The number of hydrogen-bond donors (Lipinski definition) is 1. The number of thiazole rings is 1. The Morgan fingerprint density at radius 1 is 1.22 bits per heavy atom. The Kier molecular flexibility index (Phi) is 4.68. The SMILES string of the molecule is Cc1nc2ccc(NC(=O)c3cccc(SC(C)C)c3)cc2s1. The summed E-state index contributed by atoms with van der Waals surface area (Å²) in [6.07, 6.45) is 0. The van der Waals surface area contributed by atoms with Crippen LogP contribution in [0.15, 0.2) is 47.4 Å². The molecule has 0 spiro atoms. The topological polar surface area (TPSA) is 42.0 Å².